The van der Waals surface area contributed by atoms with Crippen LogP contribution in [0.25, 0.3) is 0 Å². The largest absolute Gasteiger partial charge is 0.756 e. The number of carboxylic acid groups (broad SMARTS) is 2. The van der Waals surface area contributed by atoms with Gasteiger partial charge in [0.1, 0.15) is 18.8 Å². The van der Waals surface area contributed by atoms with Crippen LogP contribution in [0.15, 0.2) is 24.5 Å². The molecule has 1 aromatic rings. The summed E-state index contributed by atoms with van der Waals surface area (Å²) in [5.41, 5.74) is 2.93. The highest BCUT2D eigenvalue weighted by Crippen LogP contribution is 2.33. The third-order valence-electron chi connectivity index (χ3n) is 3.66. The summed E-state index contributed by atoms with van der Waals surface area (Å²) in [6.45, 7) is -1.10. The van der Waals surface area contributed by atoms with Crippen LogP contribution in [-0.2, 0) is 18.6 Å². The van der Waals surface area contributed by atoms with E-state index in [0.717, 1.165) is 6.20 Å². The van der Waals surface area contributed by atoms with Crippen molar-refractivity contribution in [3.8, 4) is 0 Å². The fourth-order valence-corrected chi connectivity index (χ4v) is 2.47. The Morgan fingerprint density at radius 3 is 2.45 bits per heavy atom. The maximum Gasteiger partial charge on any atom is 0.364 e. The Balaban J connectivity index is 0.000000516. The molecule has 14 nitrogen and oxygen atoms in total. The second-order valence-corrected chi connectivity index (χ2v) is 7.05. The minimum atomic E-state index is -4.99. The standard InChI is InChI=1S/C11H14NO9P.C3H7NO3/c13-8-7(5-20-22(17,18)19)21-10(9(8)14)12-3-1-2-6(4-12)11(15)16;4-2(1-5)3(6)7/h1-4,7-10,13-14H,5H2,(H2-,15,16,17,18,19);2,5H,1,4H2,(H,6,7)/t7-,8-,9-,10-;2-/m10/s1. The molecule has 0 aromatic carbocycles. The number of phosphoric ester groups is 1. The lowest BCUT2D eigenvalue weighted by atomic mass is 10.1. The smallest absolute Gasteiger partial charge is 0.364 e. The predicted molar refractivity (Wildman–Crippen MR) is 84.1 cm³/mol. The number of hydrogen-bond acceptors (Lipinski definition) is 10. The van der Waals surface area contributed by atoms with Gasteiger partial charge in [-0.15, -0.1) is 0 Å². The number of ether oxygens (including phenoxy) is 1. The number of hydrogen-bond donors (Lipinski definition) is 6. The average molecular weight is 440 g/mol. The molecule has 1 aliphatic rings. The minimum Gasteiger partial charge on any atom is -0.756 e. The van der Waals surface area contributed by atoms with E-state index in [4.69, 9.17) is 19.8 Å². The van der Waals surface area contributed by atoms with E-state index < -0.39 is 63.6 Å². The number of rotatable bonds is 7. The molecule has 8 N–H and O–H groups in total. The molecule has 0 radical (unpaired) electrons. The van der Waals surface area contributed by atoms with Crippen LogP contribution >= 0.6 is 7.82 Å². The number of aliphatic hydroxyl groups is 3. The van der Waals surface area contributed by atoms with E-state index in [9.17, 15) is 34.4 Å². The molecule has 0 bridgehead atoms. The lowest BCUT2D eigenvalue weighted by Gasteiger charge is -2.19. The van der Waals surface area contributed by atoms with Crippen molar-refractivity contribution in [3.05, 3.63) is 30.1 Å². The van der Waals surface area contributed by atoms with Crippen molar-refractivity contribution in [1.82, 2.24) is 0 Å². The molecule has 0 amide bonds. The van der Waals surface area contributed by atoms with E-state index in [1.165, 1.54) is 22.9 Å². The second-order valence-electron chi connectivity index (χ2n) is 5.86. The summed E-state index contributed by atoms with van der Waals surface area (Å²) in [7, 11) is -4.99. The van der Waals surface area contributed by atoms with Crippen LogP contribution in [0.4, 0.5) is 0 Å². The zero-order valence-corrected chi connectivity index (χ0v) is 15.7. The molecular formula is C14H21N2O12P. The summed E-state index contributed by atoms with van der Waals surface area (Å²) in [6, 6.07) is 1.76. The molecule has 164 valence electrons. The summed E-state index contributed by atoms with van der Waals surface area (Å²) < 4.78 is 21.1. The maximum atomic E-state index is 10.8. The van der Waals surface area contributed by atoms with E-state index in [2.05, 4.69) is 10.3 Å². The van der Waals surface area contributed by atoms with Crippen molar-refractivity contribution in [2.45, 2.75) is 30.6 Å². The lowest BCUT2D eigenvalue weighted by molar-refractivity contribution is -0.765. The second kappa shape index (κ2) is 10.7. The predicted octanol–water partition coefficient (Wildman–Crippen LogP) is -5.89. The molecule has 1 unspecified atom stereocenters. The van der Waals surface area contributed by atoms with Crippen LogP contribution in [0.5, 0.6) is 0 Å². The van der Waals surface area contributed by atoms with Crippen LogP contribution in [0, 0.1) is 0 Å². The van der Waals surface area contributed by atoms with Crippen molar-refractivity contribution < 1.29 is 69.0 Å². The van der Waals surface area contributed by atoms with Gasteiger partial charge in [-0.05, 0) is 6.07 Å². The molecule has 29 heavy (non-hydrogen) atoms. The Kier molecular flexibility index (Phi) is 9.22. The van der Waals surface area contributed by atoms with Gasteiger partial charge in [0.2, 0.25) is 6.04 Å². The van der Waals surface area contributed by atoms with Crippen molar-refractivity contribution in [2.24, 2.45) is 0 Å². The molecule has 2 rings (SSSR count). The highest BCUT2D eigenvalue weighted by Gasteiger charge is 2.48. The van der Waals surface area contributed by atoms with Gasteiger partial charge in [-0.25, -0.2) is 4.79 Å². The first-order valence-electron chi connectivity index (χ1n) is 7.96. The SMILES string of the molecule is O=C([O-])c1ccc[n+]([C@@H]2O[C@H](COP(=O)([O-])O)[C@@H](O)[C@H]2O)c1.[NH3+][C@@H](CO)C(=O)O. The Morgan fingerprint density at radius 2 is 2.00 bits per heavy atom. The molecule has 1 aliphatic heterocycles. The van der Waals surface area contributed by atoms with Gasteiger partial charge in [0.25, 0.3) is 14.1 Å². The maximum absolute atomic E-state index is 10.8. The molecule has 0 saturated carbocycles. The third kappa shape index (κ3) is 7.74. The molecule has 1 fully saturated rings. The third-order valence-corrected chi connectivity index (χ3v) is 4.14. The molecule has 0 spiro atoms. The van der Waals surface area contributed by atoms with E-state index in [1.807, 2.05) is 0 Å². The first-order valence-corrected chi connectivity index (χ1v) is 9.45. The summed E-state index contributed by atoms with van der Waals surface area (Å²) in [4.78, 5) is 39.6. The first-order chi connectivity index (χ1) is 13.4. The number of pyridine rings is 1. The highest BCUT2D eigenvalue weighted by molar-refractivity contribution is 7.44. The number of aliphatic carboxylic acids is 1. The number of aromatic carboxylic acids is 1. The molecular weight excluding hydrogens is 419 g/mol. The van der Waals surface area contributed by atoms with Crippen LogP contribution < -0.4 is 20.3 Å². The van der Waals surface area contributed by atoms with Gasteiger partial charge in [-0.2, -0.15) is 4.57 Å². The molecule has 15 heteroatoms. The summed E-state index contributed by atoms with van der Waals surface area (Å²) >= 11 is 0. The Hall–Kier alpha value is -2.00. The number of quaternary nitrogens is 1. The van der Waals surface area contributed by atoms with Crippen LogP contribution in [0.3, 0.4) is 0 Å². The summed E-state index contributed by atoms with van der Waals surface area (Å²) in [5.74, 6) is -2.50. The Bertz CT molecular complexity index is 756. The molecule has 2 heterocycles. The quantitative estimate of drug-likeness (QED) is 0.171. The highest BCUT2D eigenvalue weighted by atomic mass is 31.2. The van der Waals surface area contributed by atoms with E-state index in [1.54, 1.807) is 0 Å². The number of carbonyl (C=O) groups is 2. The van der Waals surface area contributed by atoms with Crippen molar-refractivity contribution >= 4 is 19.8 Å². The zero-order valence-electron chi connectivity index (χ0n) is 14.8. The Morgan fingerprint density at radius 1 is 1.38 bits per heavy atom. The van der Waals surface area contributed by atoms with Gasteiger partial charge >= 0.3 is 5.97 Å². The first kappa shape index (κ1) is 25.0. The number of aromatic nitrogens is 1. The van der Waals surface area contributed by atoms with Gasteiger partial charge in [0.15, 0.2) is 18.5 Å². The van der Waals surface area contributed by atoms with Gasteiger partial charge in [-0.1, -0.05) is 0 Å². The molecule has 0 aliphatic carbocycles. The van der Waals surface area contributed by atoms with Crippen molar-refractivity contribution in [2.75, 3.05) is 13.2 Å². The van der Waals surface area contributed by atoms with Crippen molar-refractivity contribution in [1.29, 1.82) is 0 Å². The van der Waals surface area contributed by atoms with Crippen LogP contribution in [0.2, 0.25) is 0 Å². The number of carbonyl (C=O) groups excluding carboxylic acids is 1. The zero-order chi connectivity index (χ0) is 22.4. The van der Waals surface area contributed by atoms with E-state index in [-0.39, 0.29) is 5.56 Å². The summed E-state index contributed by atoms with van der Waals surface area (Å²) in [5, 5.41) is 46.5. The number of aliphatic hydroxyl groups excluding tert-OH is 3. The fraction of sp³-hybridized carbons (Fsp3) is 0.500. The number of nitrogens with zero attached hydrogens (tertiary/aromatic N) is 1. The van der Waals surface area contributed by atoms with Gasteiger partial charge in [-0.3, -0.25) is 4.57 Å². The van der Waals surface area contributed by atoms with Gasteiger partial charge < -0.3 is 55.1 Å². The normalized spacial score (nSPS) is 26.7. The van der Waals surface area contributed by atoms with E-state index >= 15 is 0 Å². The van der Waals surface area contributed by atoms with Gasteiger partial charge in [0, 0.05) is 6.07 Å². The fourth-order valence-electron chi connectivity index (χ4n) is 2.13. The molecule has 1 saturated heterocycles. The van der Waals surface area contributed by atoms with Crippen molar-refractivity contribution in [3.63, 3.8) is 0 Å². The van der Waals surface area contributed by atoms with E-state index in [0.29, 0.717) is 0 Å². The topological polar surface area (TPSA) is 248 Å². The molecule has 1 aromatic heterocycles. The summed E-state index contributed by atoms with van der Waals surface area (Å²) in [6.07, 6.45) is -2.82. The van der Waals surface area contributed by atoms with Crippen LogP contribution in [-0.4, -0.2) is 74.8 Å². The van der Waals surface area contributed by atoms with Gasteiger partial charge in [0.05, 0.1) is 18.1 Å². The Labute approximate surface area is 163 Å². The lowest BCUT2D eigenvalue weighted by Crippen LogP contribution is -2.66. The number of phosphoric acid groups is 1. The minimum absolute atomic E-state index is 0.174. The number of carboxylic acids is 2. The monoisotopic (exact) mass is 440 g/mol. The average Bonchev–Trinajstić information content (AvgIpc) is 2.94. The van der Waals surface area contributed by atoms with Crippen LogP contribution in [0.1, 0.15) is 16.6 Å². The molecule has 6 atom stereocenters.